The van der Waals surface area contributed by atoms with Crippen LogP contribution in [-0.4, -0.2) is 26.6 Å². The Bertz CT molecular complexity index is 981. The van der Waals surface area contributed by atoms with Crippen LogP contribution in [0, 0.1) is 5.82 Å². The van der Waals surface area contributed by atoms with Crippen molar-refractivity contribution >= 4 is 17.3 Å². The van der Waals surface area contributed by atoms with Gasteiger partial charge in [-0.3, -0.25) is 4.79 Å². The molecule has 0 saturated heterocycles. The van der Waals surface area contributed by atoms with Gasteiger partial charge in [-0.2, -0.15) is 0 Å². The molecule has 0 unspecified atom stereocenters. The maximum absolute atomic E-state index is 12.9. The van der Waals surface area contributed by atoms with Crippen LogP contribution in [0.2, 0.25) is 0 Å². The fraction of sp³-hybridized carbons (Fsp3) is 0.111. The number of nitrogens with zero attached hydrogens (tertiary/aromatic N) is 4. The van der Waals surface area contributed by atoms with Crippen molar-refractivity contribution in [2.24, 2.45) is 5.16 Å². The number of benzene rings is 2. The first-order chi connectivity index (χ1) is 12.7. The van der Waals surface area contributed by atoms with Gasteiger partial charge in [-0.05, 0) is 23.8 Å². The van der Waals surface area contributed by atoms with Gasteiger partial charge in [0.1, 0.15) is 11.5 Å². The maximum atomic E-state index is 12.9. The highest BCUT2D eigenvalue weighted by Crippen LogP contribution is 2.22. The van der Waals surface area contributed by atoms with Gasteiger partial charge in [-0.15, -0.1) is 5.10 Å². The van der Waals surface area contributed by atoms with E-state index in [9.17, 15) is 9.18 Å². The van der Waals surface area contributed by atoms with E-state index in [-0.39, 0.29) is 24.0 Å². The SMILES string of the molecule is O=C1Nc2ccccc2/C1=N\OCc1cn(Cc2ccc(F)cc2)nn1. The number of carbonyl (C=O) groups is 1. The number of halogens is 1. The lowest BCUT2D eigenvalue weighted by Gasteiger charge is -2.00. The summed E-state index contributed by atoms with van der Waals surface area (Å²) in [4.78, 5) is 17.2. The molecule has 0 fully saturated rings. The third-order valence-electron chi connectivity index (χ3n) is 3.86. The number of hydrogen-bond acceptors (Lipinski definition) is 5. The van der Waals surface area contributed by atoms with Gasteiger partial charge in [0.15, 0.2) is 12.3 Å². The molecule has 8 heteroatoms. The average Bonchev–Trinajstić information content (AvgIpc) is 3.21. The number of aromatic nitrogens is 3. The van der Waals surface area contributed by atoms with Crippen LogP contribution in [0.1, 0.15) is 16.8 Å². The number of nitrogens with one attached hydrogen (secondary N) is 1. The van der Waals surface area contributed by atoms with E-state index >= 15 is 0 Å². The van der Waals surface area contributed by atoms with Gasteiger partial charge < -0.3 is 10.2 Å². The van der Waals surface area contributed by atoms with Crippen molar-refractivity contribution in [2.45, 2.75) is 13.2 Å². The van der Waals surface area contributed by atoms with Crippen LogP contribution >= 0.6 is 0 Å². The number of carbonyl (C=O) groups excluding carboxylic acids is 1. The molecule has 0 atom stereocenters. The van der Waals surface area contributed by atoms with E-state index in [2.05, 4.69) is 20.8 Å². The van der Waals surface area contributed by atoms with Gasteiger partial charge in [0, 0.05) is 5.56 Å². The van der Waals surface area contributed by atoms with Crippen LogP contribution in [0.4, 0.5) is 10.1 Å². The van der Waals surface area contributed by atoms with E-state index < -0.39 is 0 Å². The summed E-state index contributed by atoms with van der Waals surface area (Å²) in [6.45, 7) is 0.555. The topological polar surface area (TPSA) is 81.4 Å². The quantitative estimate of drug-likeness (QED) is 0.716. The normalized spacial score (nSPS) is 14.3. The van der Waals surface area contributed by atoms with Crippen molar-refractivity contribution in [1.29, 1.82) is 0 Å². The highest BCUT2D eigenvalue weighted by atomic mass is 19.1. The van der Waals surface area contributed by atoms with Gasteiger partial charge in [0.25, 0.3) is 5.91 Å². The first kappa shape index (κ1) is 15.9. The zero-order valence-corrected chi connectivity index (χ0v) is 13.6. The average molecular weight is 351 g/mol. The van der Waals surface area contributed by atoms with E-state index in [0.29, 0.717) is 23.5 Å². The molecule has 1 aliphatic rings. The summed E-state index contributed by atoms with van der Waals surface area (Å²) in [6.07, 6.45) is 1.71. The second-order valence-electron chi connectivity index (χ2n) is 5.75. The van der Waals surface area contributed by atoms with Crippen LogP contribution in [-0.2, 0) is 22.8 Å². The lowest BCUT2D eigenvalue weighted by Crippen LogP contribution is -2.14. The Morgan fingerprint density at radius 2 is 1.96 bits per heavy atom. The van der Waals surface area contributed by atoms with Crippen molar-refractivity contribution in [3.05, 3.63) is 77.4 Å². The summed E-state index contributed by atoms with van der Waals surface area (Å²) in [5.41, 5.74) is 3.13. The third-order valence-corrected chi connectivity index (χ3v) is 3.86. The van der Waals surface area contributed by atoms with Gasteiger partial charge in [0.2, 0.25) is 0 Å². The molecule has 130 valence electrons. The number of amides is 1. The summed E-state index contributed by atoms with van der Waals surface area (Å²) in [5.74, 6) is -0.579. The minimum Gasteiger partial charge on any atom is -0.388 e. The lowest BCUT2D eigenvalue weighted by atomic mass is 10.1. The van der Waals surface area contributed by atoms with E-state index in [1.165, 1.54) is 12.1 Å². The summed E-state index contributed by atoms with van der Waals surface area (Å²) < 4.78 is 14.5. The maximum Gasteiger partial charge on any atom is 0.278 e. The molecule has 0 aliphatic carbocycles. The van der Waals surface area contributed by atoms with Crippen molar-refractivity contribution in [1.82, 2.24) is 15.0 Å². The van der Waals surface area contributed by atoms with Crippen molar-refractivity contribution in [3.63, 3.8) is 0 Å². The molecule has 1 aromatic heterocycles. The summed E-state index contributed by atoms with van der Waals surface area (Å²) in [5, 5.41) is 14.7. The summed E-state index contributed by atoms with van der Waals surface area (Å²) in [6, 6.07) is 13.4. The van der Waals surface area contributed by atoms with Crippen LogP contribution < -0.4 is 5.32 Å². The fourth-order valence-electron chi connectivity index (χ4n) is 2.61. The zero-order valence-electron chi connectivity index (χ0n) is 13.6. The second-order valence-corrected chi connectivity index (χ2v) is 5.75. The van der Waals surface area contributed by atoms with Crippen LogP contribution in [0.3, 0.4) is 0 Å². The summed E-state index contributed by atoms with van der Waals surface area (Å²) in [7, 11) is 0. The molecule has 26 heavy (non-hydrogen) atoms. The van der Waals surface area contributed by atoms with Crippen LogP contribution in [0.5, 0.6) is 0 Å². The molecule has 3 aromatic rings. The van der Waals surface area contributed by atoms with Crippen LogP contribution in [0.15, 0.2) is 59.9 Å². The molecule has 2 heterocycles. The number of hydrogen-bond donors (Lipinski definition) is 1. The third kappa shape index (κ3) is 3.30. The number of fused-ring (bicyclic) bond motifs is 1. The molecule has 1 N–H and O–H groups in total. The molecule has 0 bridgehead atoms. The minimum atomic E-state index is -0.300. The van der Waals surface area contributed by atoms with E-state index in [0.717, 1.165) is 5.56 Å². The van der Waals surface area contributed by atoms with E-state index in [1.54, 1.807) is 35.1 Å². The van der Waals surface area contributed by atoms with Gasteiger partial charge >= 0.3 is 0 Å². The molecular formula is C18H14FN5O2. The molecule has 7 nitrogen and oxygen atoms in total. The molecule has 1 aliphatic heterocycles. The smallest absolute Gasteiger partial charge is 0.278 e. The Labute approximate surface area is 148 Å². The number of oxime groups is 1. The monoisotopic (exact) mass is 351 g/mol. The largest absolute Gasteiger partial charge is 0.388 e. The standard InChI is InChI=1S/C18H14FN5O2/c19-13-7-5-12(6-8-13)9-24-10-14(21-23-24)11-26-22-17-15-3-1-2-4-16(15)20-18(17)25/h1-8,10H,9,11H2,(H,20,22,25). The van der Waals surface area contributed by atoms with Crippen molar-refractivity contribution in [2.75, 3.05) is 5.32 Å². The fourth-order valence-corrected chi connectivity index (χ4v) is 2.61. The Kier molecular flexibility index (Phi) is 4.14. The zero-order chi connectivity index (χ0) is 17.9. The predicted molar refractivity (Wildman–Crippen MR) is 91.9 cm³/mol. The number of rotatable bonds is 5. The molecule has 2 aromatic carbocycles. The predicted octanol–water partition coefficient (Wildman–Crippen LogP) is 2.34. The molecule has 1 amide bonds. The molecule has 0 saturated carbocycles. The molecule has 0 radical (unpaired) electrons. The van der Waals surface area contributed by atoms with Gasteiger partial charge in [-0.1, -0.05) is 40.7 Å². The van der Waals surface area contributed by atoms with Gasteiger partial charge in [-0.25, -0.2) is 9.07 Å². The Balaban J connectivity index is 1.39. The number of anilines is 1. The second kappa shape index (κ2) is 6.75. The minimum absolute atomic E-state index is 0.0857. The molecular weight excluding hydrogens is 337 g/mol. The van der Waals surface area contributed by atoms with E-state index in [1.807, 2.05) is 12.1 Å². The molecule has 4 rings (SSSR count). The van der Waals surface area contributed by atoms with Crippen molar-refractivity contribution < 1.29 is 14.0 Å². The highest BCUT2D eigenvalue weighted by Gasteiger charge is 2.26. The summed E-state index contributed by atoms with van der Waals surface area (Å²) >= 11 is 0. The van der Waals surface area contributed by atoms with Crippen molar-refractivity contribution in [3.8, 4) is 0 Å². The Morgan fingerprint density at radius 1 is 1.15 bits per heavy atom. The number of para-hydroxylation sites is 1. The highest BCUT2D eigenvalue weighted by molar-refractivity contribution is 6.53. The van der Waals surface area contributed by atoms with Crippen LogP contribution in [0.25, 0.3) is 0 Å². The van der Waals surface area contributed by atoms with E-state index in [4.69, 9.17) is 4.84 Å². The Hall–Kier alpha value is -3.55. The first-order valence-electron chi connectivity index (χ1n) is 7.93. The van der Waals surface area contributed by atoms with Gasteiger partial charge in [0.05, 0.1) is 18.4 Å². The first-order valence-corrected chi connectivity index (χ1v) is 7.93. The molecule has 0 spiro atoms. The Morgan fingerprint density at radius 3 is 2.81 bits per heavy atom. The lowest BCUT2D eigenvalue weighted by molar-refractivity contribution is -0.110.